The molecule has 5 nitrogen and oxygen atoms in total. The van der Waals surface area contributed by atoms with Gasteiger partial charge in [-0.2, -0.15) is 4.72 Å². The van der Waals surface area contributed by atoms with Crippen LogP contribution in [0.5, 0.6) is 0 Å². The van der Waals surface area contributed by atoms with Crippen LogP contribution in [-0.4, -0.2) is 20.4 Å². The van der Waals surface area contributed by atoms with Crippen LogP contribution in [0.15, 0.2) is 62.4 Å². The maximum atomic E-state index is 12.3. The summed E-state index contributed by atoms with van der Waals surface area (Å²) in [6, 6.07) is 12.4. The molecule has 0 saturated heterocycles. The highest BCUT2D eigenvalue weighted by Crippen LogP contribution is 2.21. The third kappa shape index (κ3) is 4.87. The molecule has 122 valence electrons. The first-order valence-corrected chi connectivity index (χ1v) is 9.70. The summed E-state index contributed by atoms with van der Waals surface area (Å²) in [6.45, 7) is 1.49. The third-order valence-corrected chi connectivity index (χ3v) is 5.76. The quantitative estimate of drug-likeness (QED) is 0.715. The fraction of sp³-hybridized carbons (Fsp3) is 0.133. The van der Waals surface area contributed by atoms with E-state index >= 15 is 0 Å². The molecule has 2 N–H and O–H groups in total. The normalized spacial score (nSPS) is 12.7. The van der Waals surface area contributed by atoms with Crippen LogP contribution in [0.4, 0.5) is 5.69 Å². The summed E-state index contributed by atoms with van der Waals surface area (Å²) < 4.78 is 28.4. The predicted octanol–water partition coefficient (Wildman–Crippen LogP) is 3.52. The minimum Gasteiger partial charge on any atom is -0.324 e. The molecule has 8 heteroatoms. The Morgan fingerprint density at radius 3 is 2.26 bits per heavy atom. The van der Waals surface area contributed by atoms with Gasteiger partial charge in [-0.15, -0.1) is 0 Å². The molecule has 1 amide bonds. The van der Waals surface area contributed by atoms with Crippen LogP contribution in [0.2, 0.25) is 0 Å². The van der Waals surface area contributed by atoms with Crippen molar-refractivity contribution in [1.82, 2.24) is 4.72 Å². The lowest BCUT2D eigenvalue weighted by Gasteiger charge is -2.15. The molecule has 2 rings (SSSR count). The summed E-state index contributed by atoms with van der Waals surface area (Å²) in [5.74, 6) is -0.447. The molecule has 1 unspecified atom stereocenters. The van der Waals surface area contributed by atoms with E-state index in [2.05, 4.69) is 41.9 Å². The smallest absolute Gasteiger partial charge is 0.242 e. The summed E-state index contributed by atoms with van der Waals surface area (Å²) in [5.41, 5.74) is 0.576. The van der Waals surface area contributed by atoms with Gasteiger partial charge in [0.25, 0.3) is 0 Å². The molecule has 0 aliphatic rings. The van der Waals surface area contributed by atoms with Gasteiger partial charge in [-0.3, -0.25) is 4.79 Å². The Kier molecular flexibility index (Phi) is 5.96. The number of anilines is 1. The highest BCUT2D eigenvalue weighted by atomic mass is 79.9. The molecular formula is C15H14Br2N2O3S. The number of para-hydroxylation sites is 1. The number of sulfonamides is 1. The minimum atomic E-state index is -3.77. The zero-order valence-corrected chi connectivity index (χ0v) is 16.1. The van der Waals surface area contributed by atoms with E-state index in [9.17, 15) is 13.2 Å². The summed E-state index contributed by atoms with van der Waals surface area (Å²) in [5, 5.41) is 2.67. The molecule has 2 aromatic carbocycles. The third-order valence-electron chi connectivity index (χ3n) is 2.98. The Hall–Kier alpha value is -1.22. The van der Waals surface area contributed by atoms with Crippen LogP contribution in [0.3, 0.4) is 0 Å². The molecule has 1 atom stereocenters. The van der Waals surface area contributed by atoms with Crippen molar-refractivity contribution in [2.45, 2.75) is 17.9 Å². The van der Waals surface area contributed by atoms with Gasteiger partial charge in [0.05, 0.1) is 16.6 Å². The van der Waals surface area contributed by atoms with E-state index in [0.717, 1.165) is 8.95 Å². The van der Waals surface area contributed by atoms with Gasteiger partial charge in [0.15, 0.2) is 0 Å². The summed E-state index contributed by atoms with van der Waals surface area (Å²) in [4.78, 5) is 12.3. The van der Waals surface area contributed by atoms with Crippen molar-refractivity contribution in [2.75, 3.05) is 5.32 Å². The number of carbonyl (C=O) groups is 1. The lowest BCUT2D eigenvalue weighted by molar-refractivity contribution is -0.117. The summed E-state index contributed by atoms with van der Waals surface area (Å²) >= 11 is 6.57. The Bertz CT molecular complexity index is 808. The number of carbonyl (C=O) groups excluding carboxylic acids is 1. The average molecular weight is 462 g/mol. The number of rotatable bonds is 5. The number of nitrogens with one attached hydrogen (secondary N) is 2. The van der Waals surface area contributed by atoms with Gasteiger partial charge in [0.2, 0.25) is 15.9 Å². The standard InChI is InChI=1S/C15H14Br2N2O3S/c1-10(15(20)18-14-5-3-2-4-13(14)17)19-23(21,22)12-8-6-11(16)7-9-12/h2-10,19H,1H3,(H,18,20). The molecule has 0 radical (unpaired) electrons. The van der Waals surface area contributed by atoms with Gasteiger partial charge < -0.3 is 5.32 Å². The van der Waals surface area contributed by atoms with E-state index < -0.39 is 22.0 Å². The molecule has 0 fully saturated rings. The molecular weight excluding hydrogens is 448 g/mol. The lowest BCUT2D eigenvalue weighted by atomic mass is 10.3. The highest BCUT2D eigenvalue weighted by molar-refractivity contribution is 9.10. The van der Waals surface area contributed by atoms with E-state index in [1.54, 1.807) is 30.3 Å². The first-order valence-electron chi connectivity index (χ1n) is 6.63. The number of amides is 1. The zero-order valence-electron chi connectivity index (χ0n) is 12.1. The van der Waals surface area contributed by atoms with Crippen molar-refractivity contribution in [1.29, 1.82) is 0 Å². The molecule has 0 aliphatic carbocycles. The maximum Gasteiger partial charge on any atom is 0.242 e. The molecule has 0 aliphatic heterocycles. The number of hydrogen-bond acceptors (Lipinski definition) is 3. The van der Waals surface area contributed by atoms with Crippen molar-refractivity contribution in [2.24, 2.45) is 0 Å². The van der Waals surface area contributed by atoms with Gasteiger partial charge in [-0.1, -0.05) is 28.1 Å². The van der Waals surface area contributed by atoms with E-state index in [1.807, 2.05) is 6.07 Å². The van der Waals surface area contributed by atoms with Gasteiger partial charge in [-0.25, -0.2) is 8.42 Å². The van der Waals surface area contributed by atoms with Crippen LogP contribution < -0.4 is 10.0 Å². The summed E-state index contributed by atoms with van der Waals surface area (Å²) in [7, 11) is -3.77. The monoisotopic (exact) mass is 460 g/mol. The van der Waals surface area contributed by atoms with Gasteiger partial charge >= 0.3 is 0 Å². The van der Waals surface area contributed by atoms with Gasteiger partial charge in [0, 0.05) is 8.95 Å². The van der Waals surface area contributed by atoms with Crippen LogP contribution in [-0.2, 0) is 14.8 Å². The minimum absolute atomic E-state index is 0.0984. The molecule has 0 aromatic heterocycles. The van der Waals surface area contributed by atoms with Crippen LogP contribution >= 0.6 is 31.9 Å². The predicted molar refractivity (Wildman–Crippen MR) is 96.7 cm³/mol. The zero-order chi connectivity index (χ0) is 17.0. The van der Waals surface area contributed by atoms with E-state index in [0.29, 0.717) is 5.69 Å². The van der Waals surface area contributed by atoms with E-state index in [1.165, 1.54) is 19.1 Å². The van der Waals surface area contributed by atoms with Crippen molar-refractivity contribution in [3.8, 4) is 0 Å². The molecule has 0 saturated carbocycles. The number of halogens is 2. The van der Waals surface area contributed by atoms with Crippen molar-refractivity contribution in [3.05, 3.63) is 57.5 Å². The molecule has 2 aromatic rings. The van der Waals surface area contributed by atoms with Crippen molar-refractivity contribution in [3.63, 3.8) is 0 Å². The van der Waals surface area contributed by atoms with E-state index in [-0.39, 0.29) is 4.90 Å². The van der Waals surface area contributed by atoms with Crippen molar-refractivity contribution >= 4 is 53.5 Å². The van der Waals surface area contributed by atoms with E-state index in [4.69, 9.17) is 0 Å². The lowest BCUT2D eigenvalue weighted by Crippen LogP contribution is -2.41. The SMILES string of the molecule is CC(NS(=O)(=O)c1ccc(Br)cc1)C(=O)Nc1ccccc1Br. The van der Waals surface area contributed by atoms with Crippen LogP contribution in [0.1, 0.15) is 6.92 Å². The Morgan fingerprint density at radius 1 is 1.04 bits per heavy atom. The highest BCUT2D eigenvalue weighted by Gasteiger charge is 2.22. The fourth-order valence-electron chi connectivity index (χ4n) is 1.77. The van der Waals surface area contributed by atoms with Crippen LogP contribution in [0, 0.1) is 0 Å². The number of hydrogen-bond donors (Lipinski definition) is 2. The molecule has 0 bridgehead atoms. The first kappa shape index (κ1) is 18.1. The second-order valence-electron chi connectivity index (χ2n) is 4.77. The van der Waals surface area contributed by atoms with Gasteiger partial charge in [-0.05, 0) is 59.3 Å². The van der Waals surface area contributed by atoms with Crippen LogP contribution in [0.25, 0.3) is 0 Å². The second-order valence-corrected chi connectivity index (χ2v) is 8.25. The second kappa shape index (κ2) is 7.57. The largest absolute Gasteiger partial charge is 0.324 e. The fourth-order valence-corrected chi connectivity index (χ4v) is 3.62. The topological polar surface area (TPSA) is 75.3 Å². The van der Waals surface area contributed by atoms with Gasteiger partial charge in [0.1, 0.15) is 0 Å². The molecule has 23 heavy (non-hydrogen) atoms. The Morgan fingerprint density at radius 2 is 1.65 bits per heavy atom. The molecule has 0 spiro atoms. The summed E-state index contributed by atoms with van der Waals surface area (Å²) in [6.07, 6.45) is 0. The number of benzene rings is 2. The van der Waals surface area contributed by atoms with Crippen molar-refractivity contribution < 1.29 is 13.2 Å². The molecule has 0 heterocycles. The average Bonchev–Trinajstić information content (AvgIpc) is 2.49. The Labute approximate surface area is 151 Å². The first-order chi connectivity index (χ1) is 10.8. The Balaban J connectivity index is 2.08. The maximum absolute atomic E-state index is 12.3.